The van der Waals surface area contributed by atoms with Crippen molar-refractivity contribution in [2.45, 2.75) is 59.9 Å². The molecule has 0 aromatic heterocycles. The van der Waals surface area contributed by atoms with Crippen molar-refractivity contribution < 1.29 is 0 Å². The third kappa shape index (κ3) is 3.75. The van der Waals surface area contributed by atoms with Crippen LogP contribution >= 0.6 is 0 Å². The lowest BCUT2D eigenvalue weighted by molar-refractivity contribution is 0.566. The summed E-state index contributed by atoms with van der Waals surface area (Å²) in [5.74, 6) is 1.27. The molecule has 1 saturated carbocycles. The molecule has 0 amide bonds. The molecule has 0 spiro atoms. The molecule has 0 bridgehead atoms. The van der Waals surface area contributed by atoms with E-state index < -0.39 is 0 Å². The molecular formula is C29H37N. The topological polar surface area (TPSA) is 3.24 Å². The number of hydrogen-bond acceptors (Lipinski definition) is 1. The molecule has 30 heavy (non-hydrogen) atoms. The van der Waals surface area contributed by atoms with Gasteiger partial charge in [-0.15, -0.1) is 0 Å². The van der Waals surface area contributed by atoms with Gasteiger partial charge in [-0.1, -0.05) is 69.9 Å². The van der Waals surface area contributed by atoms with Gasteiger partial charge in [0.25, 0.3) is 0 Å². The van der Waals surface area contributed by atoms with Crippen LogP contribution < -0.4 is 4.90 Å². The Balaban J connectivity index is 1.49. The molecule has 3 unspecified atom stereocenters. The zero-order valence-electron chi connectivity index (χ0n) is 19.5. The monoisotopic (exact) mass is 399 g/mol. The van der Waals surface area contributed by atoms with E-state index in [0.717, 1.165) is 31.4 Å². The van der Waals surface area contributed by atoms with Crippen LogP contribution in [0.2, 0.25) is 0 Å². The standard InChI is InChI=1S/C29H37N/c1-19-15-16-30(21(3)17-19)26-14-13-25-12-11-24(27(25)18-26)10-8-9-20(2)22(4)28-23(5)29(28,6)7/h8-10,13-15,18,21,23,28H,2,4,11-12,16-17H2,1,3,5-7H3/b9-8-,24-10+. The highest BCUT2D eigenvalue weighted by Gasteiger charge is 2.55. The summed E-state index contributed by atoms with van der Waals surface area (Å²) in [6, 6.07) is 7.62. The summed E-state index contributed by atoms with van der Waals surface area (Å²) in [6.45, 7) is 21.2. The Hall–Kier alpha value is -2.28. The highest BCUT2D eigenvalue weighted by Crippen LogP contribution is 2.62. The fraction of sp³-hybridized carbons (Fsp3) is 0.448. The molecule has 4 rings (SSSR count). The number of anilines is 1. The van der Waals surface area contributed by atoms with E-state index >= 15 is 0 Å². The Kier molecular flexibility index (Phi) is 5.43. The lowest BCUT2D eigenvalue weighted by atomic mass is 9.98. The third-order valence-electron chi connectivity index (χ3n) is 7.97. The van der Waals surface area contributed by atoms with Crippen molar-refractivity contribution >= 4 is 11.3 Å². The van der Waals surface area contributed by atoms with Crippen LogP contribution in [0.4, 0.5) is 5.69 Å². The van der Waals surface area contributed by atoms with Crippen molar-refractivity contribution in [3.05, 3.63) is 83.5 Å². The molecule has 0 radical (unpaired) electrons. The molecule has 3 atom stereocenters. The van der Waals surface area contributed by atoms with E-state index in [1.54, 1.807) is 0 Å². The van der Waals surface area contributed by atoms with E-state index in [4.69, 9.17) is 0 Å². The maximum absolute atomic E-state index is 4.34. The Labute approximate surface area is 183 Å². The quantitative estimate of drug-likeness (QED) is 0.365. The third-order valence-corrected chi connectivity index (χ3v) is 7.97. The van der Waals surface area contributed by atoms with Crippen LogP contribution in [0, 0.1) is 17.3 Å². The Bertz CT molecular complexity index is 968. The number of rotatable bonds is 5. The largest absolute Gasteiger partial charge is 0.365 e. The molecule has 1 aromatic rings. The highest BCUT2D eigenvalue weighted by molar-refractivity contribution is 5.76. The van der Waals surface area contributed by atoms with Crippen LogP contribution in [-0.4, -0.2) is 12.6 Å². The Morgan fingerprint density at radius 1 is 1.17 bits per heavy atom. The number of benzene rings is 1. The molecule has 1 aromatic carbocycles. The van der Waals surface area contributed by atoms with E-state index in [1.165, 1.54) is 33.5 Å². The maximum atomic E-state index is 4.34. The average molecular weight is 400 g/mol. The first-order chi connectivity index (χ1) is 14.2. The summed E-state index contributed by atoms with van der Waals surface area (Å²) in [5, 5.41) is 0. The van der Waals surface area contributed by atoms with Gasteiger partial charge in [-0.3, -0.25) is 0 Å². The maximum Gasteiger partial charge on any atom is 0.0377 e. The Morgan fingerprint density at radius 3 is 2.57 bits per heavy atom. The average Bonchev–Trinajstić information content (AvgIpc) is 3.00. The second-order valence-electron chi connectivity index (χ2n) is 10.3. The van der Waals surface area contributed by atoms with Crippen molar-refractivity contribution in [1.82, 2.24) is 0 Å². The highest BCUT2D eigenvalue weighted by atomic mass is 15.2. The number of hydrogen-bond donors (Lipinski definition) is 0. The fourth-order valence-corrected chi connectivity index (χ4v) is 5.52. The molecule has 1 heteroatoms. The van der Waals surface area contributed by atoms with Gasteiger partial charge in [-0.2, -0.15) is 0 Å². The van der Waals surface area contributed by atoms with Crippen molar-refractivity contribution in [2.75, 3.05) is 11.4 Å². The number of aryl methyl sites for hydroxylation is 1. The molecule has 2 aliphatic carbocycles. The van der Waals surface area contributed by atoms with Gasteiger partial charge < -0.3 is 4.90 Å². The van der Waals surface area contributed by atoms with Gasteiger partial charge in [-0.25, -0.2) is 0 Å². The first kappa shape index (κ1) is 21.0. The van der Waals surface area contributed by atoms with Gasteiger partial charge in [0.15, 0.2) is 0 Å². The van der Waals surface area contributed by atoms with Crippen molar-refractivity contribution in [2.24, 2.45) is 17.3 Å². The van der Waals surface area contributed by atoms with Gasteiger partial charge in [0.05, 0.1) is 0 Å². The van der Waals surface area contributed by atoms with Gasteiger partial charge in [-0.05, 0) is 90.3 Å². The normalized spacial score (nSPS) is 28.6. The SMILES string of the molecule is C=C(/C=C\C=C1/CCc2ccc(N3CC=C(C)CC3C)cc21)C(=C)C1C(C)C1(C)C. The molecule has 0 saturated heterocycles. The first-order valence-electron chi connectivity index (χ1n) is 11.5. The number of allylic oxidation sites excluding steroid dienone is 6. The van der Waals surface area contributed by atoms with Crippen LogP contribution in [0.1, 0.15) is 58.6 Å². The first-order valence-corrected chi connectivity index (χ1v) is 11.5. The second-order valence-corrected chi connectivity index (χ2v) is 10.3. The predicted molar refractivity (Wildman–Crippen MR) is 132 cm³/mol. The van der Waals surface area contributed by atoms with Crippen molar-refractivity contribution in [3.8, 4) is 0 Å². The molecule has 3 aliphatic rings. The van der Waals surface area contributed by atoms with E-state index in [0.29, 0.717) is 23.3 Å². The minimum Gasteiger partial charge on any atom is -0.365 e. The molecule has 1 fully saturated rings. The smallest absolute Gasteiger partial charge is 0.0377 e. The summed E-state index contributed by atoms with van der Waals surface area (Å²) in [4.78, 5) is 2.53. The summed E-state index contributed by atoms with van der Waals surface area (Å²) in [6.07, 6.45) is 12.4. The van der Waals surface area contributed by atoms with E-state index in [-0.39, 0.29) is 0 Å². The molecule has 158 valence electrons. The van der Waals surface area contributed by atoms with E-state index in [2.05, 4.69) is 95.2 Å². The summed E-state index contributed by atoms with van der Waals surface area (Å²) < 4.78 is 0. The minimum atomic E-state index is 0.367. The lowest BCUT2D eigenvalue weighted by Crippen LogP contribution is -2.36. The van der Waals surface area contributed by atoms with Crippen LogP contribution in [0.3, 0.4) is 0 Å². The van der Waals surface area contributed by atoms with Gasteiger partial charge in [0.2, 0.25) is 0 Å². The van der Waals surface area contributed by atoms with Crippen molar-refractivity contribution in [1.29, 1.82) is 0 Å². The van der Waals surface area contributed by atoms with Gasteiger partial charge in [0, 0.05) is 18.3 Å². The van der Waals surface area contributed by atoms with Gasteiger partial charge in [0.1, 0.15) is 0 Å². The van der Waals surface area contributed by atoms with E-state index in [1.807, 2.05) is 0 Å². The number of fused-ring (bicyclic) bond motifs is 1. The molecule has 0 N–H and O–H groups in total. The number of nitrogens with zero attached hydrogens (tertiary/aromatic N) is 1. The molecule has 1 aliphatic heterocycles. The fourth-order valence-electron chi connectivity index (χ4n) is 5.52. The zero-order chi connectivity index (χ0) is 21.6. The second kappa shape index (κ2) is 7.76. The lowest BCUT2D eigenvalue weighted by Gasteiger charge is -2.34. The Morgan fingerprint density at radius 2 is 1.90 bits per heavy atom. The van der Waals surface area contributed by atoms with Crippen LogP contribution in [-0.2, 0) is 6.42 Å². The van der Waals surface area contributed by atoms with Crippen molar-refractivity contribution in [3.63, 3.8) is 0 Å². The summed E-state index contributed by atoms with van der Waals surface area (Å²) in [7, 11) is 0. The predicted octanol–water partition coefficient (Wildman–Crippen LogP) is 7.52. The van der Waals surface area contributed by atoms with Crippen LogP contribution in [0.15, 0.2) is 72.4 Å². The minimum absolute atomic E-state index is 0.367. The summed E-state index contributed by atoms with van der Waals surface area (Å²) in [5.41, 5.74) is 9.86. The van der Waals surface area contributed by atoms with Crippen LogP contribution in [0.25, 0.3) is 5.57 Å². The van der Waals surface area contributed by atoms with Crippen LogP contribution in [0.5, 0.6) is 0 Å². The summed E-state index contributed by atoms with van der Waals surface area (Å²) >= 11 is 0. The zero-order valence-corrected chi connectivity index (χ0v) is 19.5. The molecule has 1 heterocycles. The van der Waals surface area contributed by atoms with E-state index in [9.17, 15) is 0 Å². The molecule has 1 nitrogen and oxygen atoms in total. The molecular weight excluding hydrogens is 362 g/mol. The van der Waals surface area contributed by atoms with Gasteiger partial charge >= 0.3 is 0 Å².